The second-order valence-electron chi connectivity index (χ2n) is 5.93. The lowest BCUT2D eigenvalue weighted by atomic mass is 10.1. The Morgan fingerprint density at radius 3 is 2.38 bits per heavy atom. The number of carboxylic acids is 1. The molecule has 0 heterocycles. The summed E-state index contributed by atoms with van der Waals surface area (Å²) in [4.78, 5) is 23.7. The third-order valence-electron chi connectivity index (χ3n) is 3.82. The number of aliphatic carboxylic acids is 1. The van der Waals surface area contributed by atoms with E-state index in [0.29, 0.717) is 17.1 Å². The van der Waals surface area contributed by atoms with Gasteiger partial charge >= 0.3 is 5.97 Å². The zero-order valence-corrected chi connectivity index (χ0v) is 17.1. The molecule has 7 heteroatoms. The van der Waals surface area contributed by atoms with Crippen molar-refractivity contribution < 1.29 is 23.8 Å². The van der Waals surface area contributed by atoms with Gasteiger partial charge in [0.25, 0.3) is 5.91 Å². The molecule has 0 saturated carbocycles. The number of hydrogen-bond acceptors (Lipinski definition) is 3. The van der Waals surface area contributed by atoms with E-state index in [1.165, 1.54) is 24.3 Å². The first-order valence-corrected chi connectivity index (χ1v) is 9.54. The number of carbonyl (C=O) groups excluding carboxylic acids is 1. The molecule has 0 aromatic heterocycles. The van der Waals surface area contributed by atoms with Crippen LogP contribution in [0.25, 0.3) is 6.08 Å². The summed E-state index contributed by atoms with van der Waals surface area (Å²) in [5.41, 5.74) is 0.251. The van der Waals surface area contributed by atoms with Crippen LogP contribution in [0, 0.1) is 9.39 Å². The van der Waals surface area contributed by atoms with Crippen LogP contribution in [0.5, 0.6) is 11.5 Å². The van der Waals surface area contributed by atoms with Crippen LogP contribution < -0.4 is 10.1 Å². The van der Waals surface area contributed by atoms with Crippen LogP contribution in [0.2, 0.25) is 0 Å². The first-order chi connectivity index (χ1) is 13.9. The fourth-order valence-electron chi connectivity index (χ4n) is 2.43. The van der Waals surface area contributed by atoms with Gasteiger partial charge in [0.05, 0.1) is 3.57 Å². The molecular formula is C22H15FINO4. The van der Waals surface area contributed by atoms with E-state index in [1.54, 1.807) is 24.3 Å². The van der Waals surface area contributed by atoms with E-state index in [0.717, 1.165) is 9.64 Å². The molecule has 3 aromatic carbocycles. The maximum absolute atomic E-state index is 13.3. The second kappa shape index (κ2) is 9.33. The third-order valence-corrected chi connectivity index (χ3v) is 4.71. The lowest BCUT2D eigenvalue weighted by Gasteiger charge is -2.09. The van der Waals surface area contributed by atoms with Crippen LogP contribution in [0.4, 0.5) is 4.39 Å². The molecule has 0 unspecified atom stereocenters. The van der Waals surface area contributed by atoms with Gasteiger partial charge in [-0.15, -0.1) is 0 Å². The zero-order valence-electron chi connectivity index (χ0n) is 14.9. The predicted octanol–water partition coefficient (Wildman–Crippen LogP) is 5.08. The van der Waals surface area contributed by atoms with Gasteiger partial charge in [-0.1, -0.05) is 30.3 Å². The fraction of sp³-hybridized carbons (Fsp3) is 0. The van der Waals surface area contributed by atoms with Gasteiger partial charge in [-0.05, 0) is 76.7 Å². The molecule has 0 bridgehead atoms. The highest BCUT2D eigenvalue weighted by Gasteiger charge is 2.14. The van der Waals surface area contributed by atoms with Crippen molar-refractivity contribution in [2.75, 3.05) is 0 Å². The maximum Gasteiger partial charge on any atom is 0.352 e. The van der Waals surface area contributed by atoms with Gasteiger partial charge in [0.15, 0.2) is 0 Å². The molecule has 2 N–H and O–H groups in total. The number of carbonyl (C=O) groups is 2. The summed E-state index contributed by atoms with van der Waals surface area (Å²) in [6.07, 6.45) is 1.32. The van der Waals surface area contributed by atoms with Crippen LogP contribution in [-0.4, -0.2) is 17.0 Å². The van der Waals surface area contributed by atoms with Crippen LogP contribution in [0.1, 0.15) is 15.9 Å². The van der Waals surface area contributed by atoms with Crippen molar-refractivity contribution in [1.29, 1.82) is 0 Å². The summed E-state index contributed by atoms with van der Waals surface area (Å²) in [6.45, 7) is 0. The van der Waals surface area contributed by atoms with Gasteiger partial charge in [-0.3, -0.25) is 4.79 Å². The molecule has 0 spiro atoms. The Morgan fingerprint density at radius 1 is 1.00 bits per heavy atom. The summed E-state index contributed by atoms with van der Waals surface area (Å²) >= 11 is 2.17. The number of carboxylic acid groups (broad SMARTS) is 1. The van der Waals surface area contributed by atoms with Crippen molar-refractivity contribution in [3.05, 3.63) is 99.0 Å². The third kappa shape index (κ3) is 5.64. The summed E-state index contributed by atoms with van der Waals surface area (Å²) in [7, 11) is 0. The molecule has 3 aromatic rings. The van der Waals surface area contributed by atoms with Gasteiger partial charge in [0, 0.05) is 5.56 Å². The number of halogens is 2. The number of hydrogen-bond donors (Lipinski definition) is 2. The Hall–Kier alpha value is -3.20. The zero-order chi connectivity index (χ0) is 20.8. The standard InChI is InChI=1S/C22H15FINO4/c23-16-5-3-4-15(13-16)21(26)25-19(22(27)28)12-14-8-10-17(11-9-14)29-20-7-2-1-6-18(20)24/h1-13H,(H,25,26)(H,27,28)/b19-12+. The molecular weight excluding hydrogens is 488 g/mol. The van der Waals surface area contributed by atoms with E-state index in [2.05, 4.69) is 27.9 Å². The molecule has 0 atom stereocenters. The number of para-hydroxylation sites is 1. The number of benzene rings is 3. The van der Waals surface area contributed by atoms with E-state index in [-0.39, 0.29) is 11.3 Å². The van der Waals surface area contributed by atoms with Crippen LogP contribution >= 0.6 is 22.6 Å². The van der Waals surface area contributed by atoms with Gasteiger partial charge in [0.2, 0.25) is 0 Å². The number of nitrogens with one attached hydrogen (secondary N) is 1. The molecule has 1 amide bonds. The van der Waals surface area contributed by atoms with Crippen molar-refractivity contribution in [2.45, 2.75) is 0 Å². The van der Waals surface area contributed by atoms with Crippen LogP contribution in [0.15, 0.2) is 78.5 Å². The normalized spacial score (nSPS) is 11.0. The Balaban J connectivity index is 1.76. The first kappa shape index (κ1) is 20.5. The van der Waals surface area contributed by atoms with Crippen molar-refractivity contribution in [3.8, 4) is 11.5 Å². The van der Waals surface area contributed by atoms with E-state index in [4.69, 9.17) is 4.74 Å². The maximum atomic E-state index is 13.3. The Kier molecular flexibility index (Phi) is 6.61. The highest BCUT2D eigenvalue weighted by molar-refractivity contribution is 14.1. The lowest BCUT2D eigenvalue weighted by molar-refractivity contribution is -0.132. The van der Waals surface area contributed by atoms with Crippen LogP contribution in [0.3, 0.4) is 0 Å². The smallest absolute Gasteiger partial charge is 0.352 e. The van der Waals surface area contributed by atoms with E-state index in [9.17, 15) is 19.1 Å². The summed E-state index contributed by atoms with van der Waals surface area (Å²) in [6, 6.07) is 19.3. The molecule has 3 rings (SSSR count). The van der Waals surface area contributed by atoms with Gasteiger partial charge in [-0.2, -0.15) is 0 Å². The minimum absolute atomic E-state index is 0.0263. The number of amides is 1. The number of rotatable bonds is 6. The minimum atomic E-state index is -1.31. The average Bonchev–Trinajstić information content (AvgIpc) is 2.70. The highest BCUT2D eigenvalue weighted by atomic mass is 127. The van der Waals surface area contributed by atoms with E-state index >= 15 is 0 Å². The fourth-order valence-corrected chi connectivity index (χ4v) is 2.93. The molecule has 146 valence electrons. The van der Waals surface area contributed by atoms with E-state index in [1.807, 2.05) is 24.3 Å². The Bertz CT molecular complexity index is 1080. The number of ether oxygens (including phenoxy) is 1. The van der Waals surface area contributed by atoms with Gasteiger partial charge < -0.3 is 15.2 Å². The molecule has 0 radical (unpaired) electrons. The van der Waals surface area contributed by atoms with Gasteiger partial charge in [-0.25, -0.2) is 9.18 Å². The molecule has 0 aliphatic rings. The topological polar surface area (TPSA) is 75.6 Å². The summed E-state index contributed by atoms with van der Waals surface area (Å²) < 4.78 is 20.0. The largest absolute Gasteiger partial charge is 0.477 e. The quantitative estimate of drug-likeness (QED) is 0.364. The van der Waals surface area contributed by atoms with Crippen LogP contribution in [-0.2, 0) is 4.79 Å². The van der Waals surface area contributed by atoms with Crippen molar-refractivity contribution >= 4 is 40.5 Å². The predicted molar refractivity (Wildman–Crippen MR) is 115 cm³/mol. The Labute approximate surface area is 180 Å². The van der Waals surface area contributed by atoms with Gasteiger partial charge in [0.1, 0.15) is 23.0 Å². The average molecular weight is 503 g/mol. The molecule has 5 nitrogen and oxygen atoms in total. The van der Waals surface area contributed by atoms with Crippen molar-refractivity contribution in [2.24, 2.45) is 0 Å². The molecule has 0 aliphatic heterocycles. The second-order valence-corrected chi connectivity index (χ2v) is 7.09. The monoisotopic (exact) mass is 503 g/mol. The minimum Gasteiger partial charge on any atom is -0.477 e. The highest BCUT2D eigenvalue weighted by Crippen LogP contribution is 2.26. The SMILES string of the molecule is O=C(O)/C(=C\c1ccc(Oc2ccccc2I)cc1)NC(=O)c1cccc(F)c1. The summed E-state index contributed by atoms with van der Waals surface area (Å²) in [5.74, 6) is -1.30. The Morgan fingerprint density at radius 2 is 1.72 bits per heavy atom. The van der Waals surface area contributed by atoms with Crippen molar-refractivity contribution in [3.63, 3.8) is 0 Å². The molecule has 0 fully saturated rings. The molecule has 0 saturated heterocycles. The molecule has 0 aliphatic carbocycles. The lowest BCUT2D eigenvalue weighted by Crippen LogP contribution is -2.27. The van der Waals surface area contributed by atoms with Crippen molar-refractivity contribution in [1.82, 2.24) is 5.32 Å². The summed E-state index contributed by atoms with van der Waals surface area (Å²) in [5, 5.41) is 11.7. The first-order valence-electron chi connectivity index (χ1n) is 8.47. The van der Waals surface area contributed by atoms with E-state index < -0.39 is 17.7 Å². The molecule has 29 heavy (non-hydrogen) atoms.